The molecule has 3 aromatic rings. The third kappa shape index (κ3) is 4.66. The van der Waals surface area contributed by atoms with Crippen LogP contribution in [-0.2, 0) is 0 Å². The van der Waals surface area contributed by atoms with E-state index in [2.05, 4.69) is 15.2 Å². The number of benzene rings is 2. The number of fused-ring (bicyclic) bond motifs is 2. The maximum Gasteiger partial charge on any atom is 0.253 e. The summed E-state index contributed by atoms with van der Waals surface area (Å²) in [4.78, 5) is 19.5. The van der Waals surface area contributed by atoms with E-state index >= 15 is 0 Å². The summed E-state index contributed by atoms with van der Waals surface area (Å²) in [5, 5.41) is 4.75. The van der Waals surface area contributed by atoms with Crippen LogP contribution in [0.3, 0.4) is 0 Å². The van der Waals surface area contributed by atoms with E-state index in [4.69, 9.17) is 21.1 Å². The third-order valence-electron chi connectivity index (χ3n) is 6.22. The summed E-state index contributed by atoms with van der Waals surface area (Å²) in [6.45, 7) is 4.03. The molecule has 0 aliphatic carbocycles. The predicted molar refractivity (Wildman–Crippen MR) is 125 cm³/mol. The lowest BCUT2D eigenvalue weighted by atomic mass is 9.96. The van der Waals surface area contributed by atoms with Crippen LogP contribution in [0.25, 0.3) is 10.9 Å². The molecular weight excluding hydrogens is 426 g/mol. The summed E-state index contributed by atoms with van der Waals surface area (Å²) >= 11 is 6.07. The highest BCUT2D eigenvalue weighted by atomic mass is 35.5. The van der Waals surface area contributed by atoms with E-state index < -0.39 is 0 Å². The second-order valence-corrected chi connectivity index (χ2v) is 8.91. The summed E-state index contributed by atoms with van der Waals surface area (Å²) in [7, 11) is 0. The van der Waals surface area contributed by atoms with Crippen LogP contribution >= 0.6 is 11.6 Å². The number of rotatable bonds is 5. The summed E-state index contributed by atoms with van der Waals surface area (Å²) in [5.74, 6) is 1.89. The summed E-state index contributed by atoms with van der Waals surface area (Å²) in [6, 6.07) is 15.0. The van der Waals surface area contributed by atoms with E-state index in [1.54, 1.807) is 6.20 Å². The molecule has 32 heavy (non-hydrogen) atoms. The van der Waals surface area contributed by atoms with Gasteiger partial charge in [0.15, 0.2) is 11.5 Å². The van der Waals surface area contributed by atoms with Gasteiger partial charge in [-0.1, -0.05) is 29.8 Å². The second kappa shape index (κ2) is 9.35. The van der Waals surface area contributed by atoms with Crippen LogP contribution in [0, 0.1) is 5.92 Å². The number of carbonyl (C=O) groups excluding carboxylic acids is 1. The van der Waals surface area contributed by atoms with E-state index in [9.17, 15) is 4.79 Å². The van der Waals surface area contributed by atoms with Gasteiger partial charge in [0.2, 0.25) is 0 Å². The minimum atomic E-state index is -0.0539. The Balaban J connectivity index is 1.10. The molecule has 0 saturated carbocycles. The number of nitrogens with zero attached hydrogens (tertiary/aromatic N) is 2. The van der Waals surface area contributed by atoms with Crippen molar-refractivity contribution in [3.05, 3.63) is 65.3 Å². The lowest BCUT2D eigenvalue weighted by molar-refractivity contribution is 0.0476. The predicted octanol–water partition coefficient (Wildman–Crippen LogP) is 4.17. The van der Waals surface area contributed by atoms with E-state index in [1.165, 1.54) is 0 Å². The average Bonchev–Trinajstić information content (AvgIpc) is 2.83. The van der Waals surface area contributed by atoms with Crippen LogP contribution in [0.15, 0.2) is 54.7 Å². The highest BCUT2D eigenvalue weighted by Crippen LogP contribution is 2.34. The van der Waals surface area contributed by atoms with Crippen molar-refractivity contribution >= 4 is 28.4 Å². The quantitative estimate of drug-likeness (QED) is 0.630. The molecule has 1 N–H and O–H groups in total. The average molecular weight is 452 g/mol. The maximum atomic E-state index is 12.8. The van der Waals surface area contributed by atoms with Gasteiger partial charge in [-0.05, 0) is 56.1 Å². The Morgan fingerprint density at radius 3 is 2.84 bits per heavy atom. The number of amides is 1. The van der Waals surface area contributed by atoms with Gasteiger partial charge in [-0.15, -0.1) is 0 Å². The SMILES string of the molecule is O=C(NCC1CCN(CC2COc3ccc(Cl)cc3O2)CC1)c1cccc2cccnc12. The fraction of sp³-hybridized carbons (Fsp3) is 0.360. The molecule has 1 unspecified atom stereocenters. The zero-order valence-corrected chi connectivity index (χ0v) is 18.6. The van der Waals surface area contributed by atoms with Crippen molar-refractivity contribution in [3.8, 4) is 11.5 Å². The number of aromatic nitrogens is 1. The van der Waals surface area contributed by atoms with Gasteiger partial charge in [0, 0.05) is 35.8 Å². The molecule has 0 radical (unpaired) electrons. The monoisotopic (exact) mass is 451 g/mol. The lowest BCUT2D eigenvalue weighted by Gasteiger charge is -2.35. The minimum absolute atomic E-state index is 0.00363. The molecule has 1 amide bonds. The van der Waals surface area contributed by atoms with E-state index in [0.29, 0.717) is 35.4 Å². The van der Waals surface area contributed by atoms with Gasteiger partial charge in [0.05, 0.1) is 11.1 Å². The Labute approximate surface area is 192 Å². The molecule has 3 heterocycles. The number of hydrogen-bond donors (Lipinski definition) is 1. The van der Waals surface area contributed by atoms with Gasteiger partial charge < -0.3 is 14.8 Å². The smallest absolute Gasteiger partial charge is 0.253 e. The number of likely N-dealkylation sites (tertiary alicyclic amines) is 1. The zero-order chi connectivity index (χ0) is 21.9. The standard InChI is InChI=1S/C25H26ClN3O3/c26-19-6-7-22-23(13-19)32-20(16-31-22)15-29-11-8-17(9-12-29)14-28-25(30)21-5-1-3-18-4-2-10-27-24(18)21/h1-7,10,13,17,20H,8-9,11-12,14-16H2,(H,28,30). The fourth-order valence-electron chi connectivity index (χ4n) is 4.46. The first-order valence-corrected chi connectivity index (χ1v) is 11.5. The molecule has 166 valence electrons. The molecular formula is C25H26ClN3O3. The summed E-state index contributed by atoms with van der Waals surface area (Å²) < 4.78 is 11.9. The largest absolute Gasteiger partial charge is 0.486 e. The van der Waals surface area contributed by atoms with Gasteiger partial charge >= 0.3 is 0 Å². The second-order valence-electron chi connectivity index (χ2n) is 8.48. The van der Waals surface area contributed by atoms with E-state index in [1.807, 2.05) is 48.5 Å². The van der Waals surface area contributed by atoms with Crippen molar-refractivity contribution < 1.29 is 14.3 Å². The molecule has 1 fully saturated rings. The third-order valence-corrected chi connectivity index (χ3v) is 6.46. The molecule has 0 spiro atoms. The lowest BCUT2D eigenvalue weighted by Crippen LogP contribution is -2.45. The molecule has 2 aromatic carbocycles. The van der Waals surface area contributed by atoms with Crippen molar-refractivity contribution in [2.75, 3.05) is 32.8 Å². The van der Waals surface area contributed by atoms with E-state index in [-0.39, 0.29) is 12.0 Å². The normalized spacial score (nSPS) is 19.1. The zero-order valence-electron chi connectivity index (χ0n) is 17.8. The Hall–Kier alpha value is -2.83. The first kappa shape index (κ1) is 21.0. The van der Waals surface area contributed by atoms with Crippen LogP contribution in [0.2, 0.25) is 5.02 Å². The number of pyridine rings is 1. The maximum absolute atomic E-state index is 12.8. The highest BCUT2D eigenvalue weighted by Gasteiger charge is 2.26. The fourth-order valence-corrected chi connectivity index (χ4v) is 4.62. The van der Waals surface area contributed by atoms with Gasteiger partial charge in [-0.3, -0.25) is 14.7 Å². The summed E-state index contributed by atoms with van der Waals surface area (Å²) in [6.07, 6.45) is 3.81. The van der Waals surface area contributed by atoms with Gasteiger partial charge in [0.1, 0.15) is 12.7 Å². The Morgan fingerprint density at radius 2 is 1.97 bits per heavy atom. The molecule has 7 heteroatoms. The van der Waals surface area contributed by atoms with Crippen LogP contribution < -0.4 is 14.8 Å². The molecule has 1 aromatic heterocycles. The number of carbonyl (C=O) groups is 1. The molecule has 1 saturated heterocycles. The van der Waals surface area contributed by atoms with Crippen LogP contribution in [0.4, 0.5) is 0 Å². The van der Waals surface area contributed by atoms with Gasteiger partial charge in [0.25, 0.3) is 5.91 Å². The molecule has 0 bridgehead atoms. The van der Waals surface area contributed by atoms with Crippen LogP contribution in [0.1, 0.15) is 23.2 Å². The number of nitrogens with one attached hydrogen (secondary N) is 1. The first-order valence-electron chi connectivity index (χ1n) is 11.1. The van der Waals surface area contributed by atoms with Crippen molar-refractivity contribution in [2.24, 2.45) is 5.92 Å². The number of halogens is 1. The van der Waals surface area contributed by atoms with Gasteiger partial charge in [-0.25, -0.2) is 0 Å². The van der Waals surface area contributed by atoms with Crippen LogP contribution in [-0.4, -0.2) is 54.7 Å². The number of para-hydroxylation sites is 1. The van der Waals surface area contributed by atoms with Crippen molar-refractivity contribution in [2.45, 2.75) is 18.9 Å². The molecule has 1 atom stereocenters. The van der Waals surface area contributed by atoms with Crippen molar-refractivity contribution in [3.63, 3.8) is 0 Å². The Bertz CT molecular complexity index is 1110. The topological polar surface area (TPSA) is 63.7 Å². The van der Waals surface area contributed by atoms with E-state index in [0.717, 1.165) is 49.1 Å². The molecule has 2 aliphatic heterocycles. The van der Waals surface area contributed by atoms with Crippen molar-refractivity contribution in [1.29, 1.82) is 0 Å². The Kier molecular flexibility index (Phi) is 6.14. The number of piperidine rings is 1. The summed E-state index contributed by atoms with van der Waals surface area (Å²) in [5.41, 5.74) is 1.38. The molecule has 5 rings (SSSR count). The van der Waals surface area contributed by atoms with Gasteiger partial charge in [-0.2, -0.15) is 0 Å². The minimum Gasteiger partial charge on any atom is -0.486 e. The van der Waals surface area contributed by atoms with Crippen LogP contribution in [0.5, 0.6) is 11.5 Å². The van der Waals surface area contributed by atoms with Crippen molar-refractivity contribution in [1.82, 2.24) is 15.2 Å². The highest BCUT2D eigenvalue weighted by molar-refractivity contribution is 6.30. The first-order chi connectivity index (χ1) is 15.7. The Morgan fingerprint density at radius 1 is 1.12 bits per heavy atom. The number of hydrogen-bond acceptors (Lipinski definition) is 5. The molecule has 2 aliphatic rings. The number of ether oxygens (including phenoxy) is 2. The molecule has 6 nitrogen and oxygen atoms in total.